The summed E-state index contributed by atoms with van der Waals surface area (Å²) in [5.41, 5.74) is 0.653. The first kappa shape index (κ1) is 16.2. The molecule has 0 bridgehead atoms. The van der Waals surface area contributed by atoms with Crippen molar-refractivity contribution in [3.05, 3.63) is 18.5 Å². The predicted molar refractivity (Wildman–Crippen MR) is 84.7 cm³/mol. The zero-order valence-electron chi connectivity index (χ0n) is 13.0. The van der Waals surface area contributed by atoms with Crippen LogP contribution >= 0.6 is 0 Å². The van der Waals surface area contributed by atoms with Crippen molar-refractivity contribution in [2.75, 3.05) is 25.0 Å². The molecule has 2 rings (SSSR count). The molecule has 0 aromatic carbocycles. The van der Waals surface area contributed by atoms with Gasteiger partial charge in [-0.1, -0.05) is 20.8 Å². The fourth-order valence-electron chi connectivity index (χ4n) is 2.65. The van der Waals surface area contributed by atoms with Gasteiger partial charge in [-0.05, 0) is 30.7 Å². The van der Waals surface area contributed by atoms with Gasteiger partial charge in [-0.15, -0.1) is 0 Å². The van der Waals surface area contributed by atoms with Crippen LogP contribution in [0, 0.1) is 11.8 Å². The summed E-state index contributed by atoms with van der Waals surface area (Å²) in [7, 11) is -3.46. The highest BCUT2D eigenvalue weighted by atomic mass is 32.2. The Labute approximate surface area is 127 Å². The van der Waals surface area contributed by atoms with Crippen LogP contribution in [0.4, 0.5) is 5.69 Å². The third-order valence-corrected chi connectivity index (χ3v) is 5.99. The number of anilines is 1. The zero-order valence-corrected chi connectivity index (χ0v) is 13.9. The highest BCUT2D eigenvalue weighted by molar-refractivity contribution is 7.89. The minimum Gasteiger partial charge on any atom is -0.384 e. The van der Waals surface area contributed by atoms with E-state index in [9.17, 15) is 8.42 Å². The van der Waals surface area contributed by atoms with Crippen LogP contribution in [0.5, 0.6) is 0 Å². The second-order valence-corrected chi connectivity index (χ2v) is 7.86. The van der Waals surface area contributed by atoms with E-state index in [-0.39, 0.29) is 0 Å². The van der Waals surface area contributed by atoms with Crippen LogP contribution in [0.1, 0.15) is 33.6 Å². The molecule has 0 radical (unpaired) electrons. The van der Waals surface area contributed by atoms with Gasteiger partial charge in [0.2, 0.25) is 10.0 Å². The van der Waals surface area contributed by atoms with E-state index in [1.807, 2.05) is 0 Å². The second-order valence-electron chi connectivity index (χ2n) is 5.95. The monoisotopic (exact) mass is 311 g/mol. The molecule has 1 aromatic rings. The number of hydrogen-bond acceptors (Lipinski definition) is 4. The molecule has 1 saturated heterocycles. The molecule has 1 atom stereocenters. The van der Waals surface area contributed by atoms with Crippen molar-refractivity contribution in [3.8, 4) is 0 Å². The van der Waals surface area contributed by atoms with Crippen LogP contribution in [0.25, 0.3) is 0 Å². The highest BCUT2D eigenvalue weighted by Crippen LogP contribution is 2.30. The topological polar surface area (TPSA) is 62.3 Å². The SMILES string of the molecule is CCCNc1ccncc1S(=O)(=O)N1CCC(C(C)C)C1. The minimum absolute atomic E-state index is 0.294. The summed E-state index contributed by atoms with van der Waals surface area (Å²) in [4.78, 5) is 4.29. The number of rotatable bonds is 6. The second kappa shape index (κ2) is 6.75. The lowest BCUT2D eigenvalue weighted by atomic mass is 9.96. The van der Waals surface area contributed by atoms with Crippen molar-refractivity contribution in [1.29, 1.82) is 0 Å². The maximum atomic E-state index is 12.8. The Hall–Kier alpha value is -1.14. The molecule has 0 aliphatic carbocycles. The van der Waals surface area contributed by atoms with Gasteiger partial charge in [0.15, 0.2) is 0 Å². The molecule has 6 heteroatoms. The largest absolute Gasteiger partial charge is 0.384 e. The molecular weight excluding hydrogens is 286 g/mol. The average Bonchev–Trinajstić information content (AvgIpc) is 2.96. The average molecular weight is 311 g/mol. The standard InChI is InChI=1S/C15H25N3O2S/c1-4-7-17-14-5-8-16-10-15(14)21(19,20)18-9-6-13(11-18)12(2)3/h5,8,10,12-13H,4,6-7,9,11H2,1-3H3,(H,16,17). The van der Waals surface area contributed by atoms with E-state index in [2.05, 4.69) is 31.1 Å². The maximum Gasteiger partial charge on any atom is 0.246 e. The first-order valence-electron chi connectivity index (χ1n) is 7.64. The van der Waals surface area contributed by atoms with Crippen molar-refractivity contribution in [3.63, 3.8) is 0 Å². The van der Waals surface area contributed by atoms with E-state index < -0.39 is 10.0 Å². The molecule has 21 heavy (non-hydrogen) atoms. The zero-order chi connectivity index (χ0) is 15.5. The molecule has 1 aliphatic heterocycles. The Morgan fingerprint density at radius 2 is 2.24 bits per heavy atom. The van der Waals surface area contributed by atoms with E-state index >= 15 is 0 Å². The summed E-state index contributed by atoms with van der Waals surface area (Å²) in [5, 5.41) is 3.18. The van der Waals surface area contributed by atoms with E-state index in [4.69, 9.17) is 0 Å². The lowest BCUT2D eigenvalue weighted by molar-refractivity contribution is 0.388. The van der Waals surface area contributed by atoms with E-state index in [1.54, 1.807) is 16.6 Å². The van der Waals surface area contributed by atoms with E-state index in [0.717, 1.165) is 19.4 Å². The first-order chi connectivity index (χ1) is 9.96. The summed E-state index contributed by atoms with van der Waals surface area (Å²) in [6.45, 7) is 8.32. The highest BCUT2D eigenvalue weighted by Gasteiger charge is 2.34. The van der Waals surface area contributed by atoms with Gasteiger partial charge in [0.1, 0.15) is 4.90 Å². The normalized spacial score (nSPS) is 20.1. The molecule has 1 aromatic heterocycles. The Morgan fingerprint density at radius 3 is 2.86 bits per heavy atom. The van der Waals surface area contributed by atoms with Gasteiger partial charge in [-0.3, -0.25) is 4.98 Å². The third kappa shape index (κ3) is 3.55. The predicted octanol–water partition coefficient (Wildman–Crippen LogP) is 2.57. The summed E-state index contributed by atoms with van der Waals surface area (Å²) in [6, 6.07) is 1.73. The Balaban J connectivity index is 2.24. The van der Waals surface area contributed by atoms with Crippen molar-refractivity contribution in [1.82, 2.24) is 9.29 Å². The lowest BCUT2D eigenvalue weighted by Gasteiger charge is -2.20. The van der Waals surface area contributed by atoms with Crippen LogP contribution in [0.2, 0.25) is 0 Å². The number of pyridine rings is 1. The van der Waals surface area contributed by atoms with Crippen LogP contribution < -0.4 is 5.32 Å². The Kier molecular flexibility index (Phi) is 5.22. The fraction of sp³-hybridized carbons (Fsp3) is 0.667. The molecule has 1 fully saturated rings. The first-order valence-corrected chi connectivity index (χ1v) is 9.08. The van der Waals surface area contributed by atoms with Gasteiger partial charge in [0, 0.05) is 32.0 Å². The quantitative estimate of drug-likeness (QED) is 0.877. The van der Waals surface area contributed by atoms with Crippen molar-refractivity contribution in [2.24, 2.45) is 11.8 Å². The Bertz CT molecular complexity index is 572. The maximum absolute atomic E-state index is 12.8. The molecule has 1 aliphatic rings. The summed E-state index contributed by atoms with van der Waals surface area (Å²) < 4.78 is 27.3. The van der Waals surface area contributed by atoms with E-state index in [1.165, 1.54) is 6.20 Å². The molecule has 0 spiro atoms. The molecule has 1 N–H and O–H groups in total. The van der Waals surface area contributed by atoms with Crippen LogP contribution in [0.3, 0.4) is 0 Å². The molecule has 1 unspecified atom stereocenters. The molecule has 0 saturated carbocycles. The van der Waals surface area contributed by atoms with Gasteiger partial charge in [-0.2, -0.15) is 4.31 Å². The molecular formula is C15H25N3O2S. The number of nitrogens with zero attached hydrogens (tertiary/aromatic N) is 2. The van der Waals surface area contributed by atoms with Crippen molar-refractivity contribution < 1.29 is 8.42 Å². The summed E-state index contributed by atoms with van der Waals surface area (Å²) in [6.07, 6.45) is 4.96. The summed E-state index contributed by atoms with van der Waals surface area (Å²) >= 11 is 0. The van der Waals surface area contributed by atoms with Gasteiger partial charge >= 0.3 is 0 Å². The molecule has 118 valence electrons. The van der Waals surface area contributed by atoms with E-state index in [0.29, 0.717) is 35.5 Å². The van der Waals surface area contributed by atoms with Crippen LogP contribution in [0.15, 0.2) is 23.4 Å². The molecule has 5 nitrogen and oxygen atoms in total. The lowest BCUT2D eigenvalue weighted by Crippen LogP contribution is -2.30. The minimum atomic E-state index is -3.46. The smallest absolute Gasteiger partial charge is 0.246 e. The van der Waals surface area contributed by atoms with Gasteiger partial charge in [0.05, 0.1) is 5.69 Å². The van der Waals surface area contributed by atoms with Gasteiger partial charge in [-0.25, -0.2) is 8.42 Å². The Morgan fingerprint density at radius 1 is 1.48 bits per heavy atom. The summed E-state index contributed by atoms with van der Waals surface area (Å²) in [5.74, 6) is 0.959. The van der Waals surface area contributed by atoms with Gasteiger partial charge in [0.25, 0.3) is 0 Å². The van der Waals surface area contributed by atoms with Crippen LogP contribution in [-0.4, -0.2) is 37.3 Å². The fourth-order valence-corrected chi connectivity index (χ4v) is 4.27. The van der Waals surface area contributed by atoms with Crippen molar-refractivity contribution >= 4 is 15.7 Å². The van der Waals surface area contributed by atoms with Gasteiger partial charge < -0.3 is 5.32 Å². The van der Waals surface area contributed by atoms with Crippen molar-refractivity contribution in [2.45, 2.75) is 38.5 Å². The number of hydrogen-bond donors (Lipinski definition) is 1. The third-order valence-electron chi connectivity index (χ3n) is 4.10. The van der Waals surface area contributed by atoms with Crippen LogP contribution in [-0.2, 0) is 10.0 Å². The number of nitrogens with one attached hydrogen (secondary N) is 1. The molecule has 2 heterocycles. The number of aromatic nitrogens is 1. The molecule has 0 amide bonds. The number of sulfonamides is 1.